The fourth-order valence-corrected chi connectivity index (χ4v) is 9.99. The fourth-order valence-electron chi connectivity index (χ4n) is 8.76. The van der Waals surface area contributed by atoms with E-state index in [9.17, 15) is 0 Å². The predicted molar refractivity (Wildman–Crippen MR) is 244 cm³/mol. The molecule has 3 aromatic heterocycles. The number of aromatic nitrogens is 4. The molecule has 9 aromatic carbocycles. The van der Waals surface area contributed by atoms with Crippen molar-refractivity contribution >= 4 is 74.9 Å². The number of benzene rings is 9. The highest BCUT2D eigenvalue weighted by molar-refractivity contribution is 7.26. The summed E-state index contributed by atoms with van der Waals surface area (Å²) in [5.41, 5.74) is 8.77. The van der Waals surface area contributed by atoms with Gasteiger partial charge in [0.25, 0.3) is 0 Å². The lowest BCUT2D eigenvalue weighted by atomic mass is 9.96. The number of hydrogen-bond donors (Lipinski definition) is 0. The van der Waals surface area contributed by atoms with Gasteiger partial charge in [-0.15, -0.1) is 11.3 Å². The normalized spacial score (nSPS) is 11.8. The van der Waals surface area contributed by atoms with Crippen molar-refractivity contribution < 1.29 is 0 Å². The molecule has 0 saturated heterocycles. The van der Waals surface area contributed by atoms with Gasteiger partial charge in [-0.3, -0.25) is 0 Å². The van der Waals surface area contributed by atoms with Crippen LogP contribution in [0.4, 0.5) is 0 Å². The molecule has 270 valence electrons. The van der Waals surface area contributed by atoms with Gasteiger partial charge < -0.3 is 4.57 Å². The molecule has 3 heterocycles. The molecule has 4 nitrogen and oxygen atoms in total. The minimum absolute atomic E-state index is 0.639. The van der Waals surface area contributed by atoms with Gasteiger partial charge in [-0.25, -0.2) is 15.0 Å². The Balaban J connectivity index is 1.11. The summed E-state index contributed by atoms with van der Waals surface area (Å²) in [6.07, 6.45) is 0. The van der Waals surface area contributed by atoms with Crippen molar-refractivity contribution in [2.24, 2.45) is 0 Å². The van der Waals surface area contributed by atoms with Crippen LogP contribution in [0.25, 0.3) is 115 Å². The Morgan fingerprint density at radius 1 is 0.345 bits per heavy atom. The molecule has 0 saturated carbocycles. The molecule has 12 rings (SSSR count). The summed E-state index contributed by atoms with van der Waals surface area (Å²) in [5.74, 6) is 1.94. The van der Waals surface area contributed by atoms with Gasteiger partial charge in [0, 0.05) is 58.7 Å². The molecule has 0 unspecified atom stereocenters. The minimum atomic E-state index is 0.639. The highest BCUT2D eigenvalue weighted by atomic mass is 32.1. The maximum Gasteiger partial charge on any atom is 0.164 e. The van der Waals surface area contributed by atoms with Crippen LogP contribution >= 0.6 is 11.3 Å². The molecule has 0 spiro atoms. The van der Waals surface area contributed by atoms with Crippen molar-refractivity contribution in [2.45, 2.75) is 0 Å². The Morgan fingerprint density at radius 3 is 1.47 bits per heavy atom. The van der Waals surface area contributed by atoms with Crippen molar-refractivity contribution in [3.05, 3.63) is 194 Å². The molecular formula is C53H32N4S. The van der Waals surface area contributed by atoms with E-state index in [1.54, 1.807) is 0 Å². The van der Waals surface area contributed by atoms with Gasteiger partial charge in [0.05, 0.1) is 11.0 Å². The smallest absolute Gasteiger partial charge is 0.164 e. The molecule has 5 heteroatoms. The van der Waals surface area contributed by atoms with E-state index < -0.39 is 0 Å². The van der Waals surface area contributed by atoms with E-state index in [1.807, 2.05) is 72.0 Å². The number of nitrogens with zero attached hydrogens (tertiary/aromatic N) is 4. The second-order valence-corrected chi connectivity index (χ2v) is 15.8. The van der Waals surface area contributed by atoms with Crippen molar-refractivity contribution in [3.63, 3.8) is 0 Å². The molecule has 0 radical (unpaired) electrons. The third kappa shape index (κ3) is 5.11. The summed E-state index contributed by atoms with van der Waals surface area (Å²) in [4.78, 5) is 15.0. The third-order valence-corrected chi connectivity index (χ3v) is 12.6. The zero-order valence-corrected chi connectivity index (χ0v) is 32.0. The van der Waals surface area contributed by atoms with Crippen LogP contribution in [0.5, 0.6) is 0 Å². The van der Waals surface area contributed by atoms with Gasteiger partial charge in [0.1, 0.15) is 0 Å². The monoisotopic (exact) mass is 756 g/mol. The van der Waals surface area contributed by atoms with Gasteiger partial charge >= 0.3 is 0 Å². The molecule has 58 heavy (non-hydrogen) atoms. The molecule has 0 fully saturated rings. The molecule has 0 aliphatic heterocycles. The summed E-state index contributed by atoms with van der Waals surface area (Å²) >= 11 is 1.90. The number of fused-ring (bicyclic) bond motifs is 12. The average Bonchev–Trinajstić information content (AvgIpc) is 3.86. The van der Waals surface area contributed by atoms with E-state index in [2.05, 4.69) is 138 Å². The quantitative estimate of drug-likeness (QED) is 0.164. The molecule has 0 N–H and O–H groups in total. The Morgan fingerprint density at radius 2 is 0.845 bits per heavy atom. The average molecular weight is 757 g/mol. The van der Waals surface area contributed by atoms with Gasteiger partial charge in [0.2, 0.25) is 0 Å². The molecule has 0 aliphatic carbocycles. The number of rotatable bonds is 5. The highest BCUT2D eigenvalue weighted by Crippen LogP contribution is 2.48. The SMILES string of the molecule is c1ccc(-c2ccc3sc4c(ccc5c4c4c6ccccc6c6ccccc6c4n5-c4ccc(-c5nc(-c6ccccc6)nc(-c6ccccc6)n5)cc4)c3c2)cc1. The van der Waals surface area contributed by atoms with Crippen molar-refractivity contribution in [3.8, 4) is 51.0 Å². The second kappa shape index (κ2) is 13.1. The van der Waals surface area contributed by atoms with Gasteiger partial charge in [-0.05, 0) is 69.8 Å². The zero-order chi connectivity index (χ0) is 38.2. The van der Waals surface area contributed by atoms with Crippen LogP contribution in [0.15, 0.2) is 194 Å². The lowest BCUT2D eigenvalue weighted by molar-refractivity contribution is 1.07. The van der Waals surface area contributed by atoms with Crippen LogP contribution in [-0.4, -0.2) is 19.5 Å². The van der Waals surface area contributed by atoms with Gasteiger partial charge in [-0.2, -0.15) is 0 Å². The predicted octanol–water partition coefficient (Wildman–Crippen LogP) is 14.3. The fraction of sp³-hybridized carbons (Fsp3) is 0. The number of thiophene rings is 1. The van der Waals surface area contributed by atoms with Crippen molar-refractivity contribution in [2.75, 3.05) is 0 Å². The minimum Gasteiger partial charge on any atom is -0.309 e. The molecule has 0 aliphatic rings. The van der Waals surface area contributed by atoms with E-state index in [0.29, 0.717) is 17.5 Å². The first-order valence-electron chi connectivity index (χ1n) is 19.5. The van der Waals surface area contributed by atoms with E-state index >= 15 is 0 Å². The lowest BCUT2D eigenvalue weighted by Crippen LogP contribution is -2.00. The standard InChI is InChI=1S/C53H32N4S/c1-4-14-33(15-5-1)37-26-31-46-44(32-37)43-29-30-45-48(50(43)58-46)47-41-22-12-10-20-39(41)40-21-11-13-23-42(40)49(47)57(45)38-27-24-36(25-28-38)53-55-51(34-16-6-2-7-17-34)54-52(56-53)35-18-8-3-9-19-35/h1-32H. The largest absolute Gasteiger partial charge is 0.309 e. The molecule has 12 aromatic rings. The summed E-state index contributed by atoms with van der Waals surface area (Å²) in [5, 5.41) is 10.2. The zero-order valence-electron chi connectivity index (χ0n) is 31.2. The maximum atomic E-state index is 5.02. The molecular weight excluding hydrogens is 725 g/mol. The van der Waals surface area contributed by atoms with Crippen molar-refractivity contribution in [1.29, 1.82) is 0 Å². The van der Waals surface area contributed by atoms with Crippen LogP contribution in [0.2, 0.25) is 0 Å². The molecule has 0 atom stereocenters. The van der Waals surface area contributed by atoms with Gasteiger partial charge in [0.15, 0.2) is 17.5 Å². The van der Waals surface area contributed by atoms with E-state index in [0.717, 1.165) is 22.4 Å². The Kier molecular flexibility index (Phi) is 7.37. The van der Waals surface area contributed by atoms with E-state index in [4.69, 9.17) is 15.0 Å². The summed E-state index contributed by atoms with van der Waals surface area (Å²) < 4.78 is 5.07. The van der Waals surface area contributed by atoms with Crippen LogP contribution in [0.1, 0.15) is 0 Å². The topological polar surface area (TPSA) is 43.6 Å². The van der Waals surface area contributed by atoms with Crippen molar-refractivity contribution in [1.82, 2.24) is 19.5 Å². The second-order valence-electron chi connectivity index (χ2n) is 14.8. The van der Waals surface area contributed by atoms with Crippen LogP contribution in [0, 0.1) is 0 Å². The Labute approximate surface area is 338 Å². The Hall–Kier alpha value is -7.47. The Bertz CT molecular complexity index is 3480. The summed E-state index contributed by atoms with van der Waals surface area (Å²) in [6.45, 7) is 0. The van der Waals surface area contributed by atoms with Crippen LogP contribution < -0.4 is 0 Å². The first-order chi connectivity index (χ1) is 28.8. The van der Waals surface area contributed by atoms with Crippen LogP contribution in [0.3, 0.4) is 0 Å². The van der Waals surface area contributed by atoms with E-state index in [1.165, 1.54) is 74.6 Å². The first kappa shape index (κ1) is 32.7. The van der Waals surface area contributed by atoms with Gasteiger partial charge in [-0.1, -0.05) is 152 Å². The first-order valence-corrected chi connectivity index (χ1v) is 20.3. The number of hydrogen-bond acceptors (Lipinski definition) is 4. The summed E-state index contributed by atoms with van der Waals surface area (Å²) in [6, 6.07) is 69.0. The molecule has 0 bridgehead atoms. The van der Waals surface area contributed by atoms with Crippen LogP contribution in [-0.2, 0) is 0 Å². The third-order valence-electron chi connectivity index (χ3n) is 11.4. The van der Waals surface area contributed by atoms with E-state index in [-0.39, 0.29) is 0 Å². The molecule has 0 amide bonds. The lowest BCUT2D eigenvalue weighted by Gasteiger charge is -2.13. The summed E-state index contributed by atoms with van der Waals surface area (Å²) in [7, 11) is 0. The maximum absolute atomic E-state index is 5.02. The highest BCUT2D eigenvalue weighted by Gasteiger charge is 2.23.